The molecule has 1 aliphatic heterocycles. The van der Waals surface area contributed by atoms with E-state index in [-0.39, 0.29) is 23.9 Å². The predicted molar refractivity (Wildman–Crippen MR) is 90.1 cm³/mol. The summed E-state index contributed by atoms with van der Waals surface area (Å²) in [6.45, 7) is 5.30. The van der Waals surface area contributed by atoms with E-state index in [2.05, 4.69) is 22.5 Å². The van der Waals surface area contributed by atoms with Gasteiger partial charge in [-0.1, -0.05) is 13.3 Å². The number of nitrogens with zero attached hydrogens (tertiary/aromatic N) is 2. The van der Waals surface area contributed by atoms with Crippen molar-refractivity contribution in [2.75, 3.05) is 18.4 Å². The second-order valence-corrected chi connectivity index (χ2v) is 6.09. The van der Waals surface area contributed by atoms with E-state index in [0.717, 1.165) is 25.7 Å². The Hall–Kier alpha value is -2.11. The van der Waals surface area contributed by atoms with E-state index < -0.39 is 0 Å². The topological polar surface area (TPSA) is 74.3 Å². The van der Waals surface area contributed by atoms with Crippen molar-refractivity contribution in [3.8, 4) is 0 Å². The third-order valence-electron chi connectivity index (χ3n) is 4.27. The Morgan fingerprint density at radius 2 is 2.04 bits per heavy atom. The number of carbonyl (C=O) groups excluding carboxylic acids is 2. The Labute approximate surface area is 137 Å². The fourth-order valence-corrected chi connectivity index (χ4v) is 2.77. The Balaban J connectivity index is 1.92. The van der Waals surface area contributed by atoms with E-state index >= 15 is 0 Å². The smallest absolute Gasteiger partial charge is 0.322 e. The second kappa shape index (κ2) is 8.50. The number of likely N-dealkylation sites (tertiary alicyclic amines) is 1. The number of unbranched alkanes of at least 4 members (excludes halogenated alkanes) is 1. The number of aromatic nitrogens is 1. The molecular formula is C17H26N4O2. The van der Waals surface area contributed by atoms with Gasteiger partial charge in [-0.15, -0.1) is 0 Å². The lowest BCUT2D eigenvalue weighted by Gasteiger charge is -2.37. The van der Waals surface area contributed by atoms with Crippen LogP contribution < -0.4 is 10.6 Å². The molecule has 6 heteroatoms. The molecule has 23 heavy (non-hydrogen) atoms. The fourth-order valence-electron chi connectivity index (χ4n) is 2.77. The molecule has 1 saturated heterocycles. The maximum atomic E-state index is 12.5. The lowest BCUT2D eigenvalue weighted by Crippen LogP contribution is -2.50. The van der Waals surface area contributed by atoms with E-state index in [1.807, 2.05) is 6.92 Å². The van der Waals surface area contributed by atoms with Crippen LogP contribution in [0.2, 0.25) is 0 Å². The molecule has 3 amide bonds. The van der Waals surface area contributed by atoms with E-state index in [4.69, 9.17) is 0 Å². The van der Waals surface area contributed by atoms with Gasteiger partial charge in [0.25, 0.3) is 0 Å². The molecule has 1 aromatic rings. The molecule has 2 atom stereocenters. The minimum absolute atomic E-state index is 0.0621. The van der Waals surface area contributed by atoms with E-state index in [9.17, 15) is 9.59 Å². The van der Waals surface area contributed by atoms with Gasteiger partial charge < -0.3 is 15.5 Å². The molecule has 0 unspecified atom stereocenters. The van der Waals surface area contributed by atoms with Gasteiger partial charge in [0.1, 0.15) is 0 Å². The average Bonchev–Trinajstić information content (AvgIpc) is 2.56. The van der Waals surface area contributed by atoms with Gasteiger partial charge in [0.05, 0.1) is 5.92 Å². The molecule has 1 fully saturated rings. The largest absolute Gasteiger partial charge is 0.356 e. The molecule has 1 aliphatic rings. The van der Waals surface area contributed by atoms with Crippen molar-refractivity contribution < 1.29 is 9.59 Å². The normalized spacial score (nSPS) is 20.9. The number of urea groups is 1. The molecule has 2 heterocycles. The molecule has 2 rings (SSSR count). The summed E-state index contributed by atoms with van der Waals surface area (Å²) in [5, 5.41) is 5.84. The van der Waals surface area contributed by atoms with Crippen molar-refractivity contribution in [3.63, 3.8) is 0 Å². The number of piperidine rings is 1. The first-order valence-corrected chi connectivity index (χ1v) is 8.37. The fraction of sp³-hybridized carbons (Fsp3) is 0.588. The van der Waals surface area contributed by atoms with Crippen LogP contribution in [0.1, 0.15) is 39.5 Å². The molecule has 0 bridgehead atoms. The van der Waals surface area contributed by atoms with Gasteiger partial charge in [-0.05, 0) is 38.3 Å². The number of rotatable bonds is 5. The number of amides is 3. The first kappa shape index (κ1) is 17.2. The summed E-state index contributed by atoms with van der Waals surface area (Å²) in [6, 6.07) is 3.48. The van der Waals surface area contributed by atoms with Gasteiger partial charge in [0.15, 0.2) is 0 Å². The molecule has 6 nitrogen and oxygen atoms in total. The van der Waals surface area contributed by atoms with E-state index in [0.29, 0.717) is 18.8 Å². The maximum Gasteiger partial charge on any atom is 0.322 e. The quantitative estimate of drug-likeness (QED) is 0.820. The van der Waals surface area contributed by atoms with Gasteiger partial charge in [-0.25, -0.2) is 4.79 Å². The Kier molecular flexibility index (Phi) is 6.38. The zero-order valence-corrected chi connectivity index (χ0v) is 13.9. The monoisotopic (exact) mass is 318 g/mol. The highest BCUT2D eigenvalue weighted by Crippen LogP contribution is 2.23. The summed E-state index contributed by atoms with van der Waals surface area (Å²) >= 11 is 0. The molecule has 0 radical (unpaired) electrons. The third-order valence-corrected chi connectivity index (χ3v) is 4.27. The van der Waals surface area contributed by atoms with Crippen molar-refractivity contribution in [1.29, 1.82) is 0 Å². The van der Waals surface area contributed by atoms with Gasteiger partial charge in [0.2, 0.25) is 5.91 Å². The molecule has 0 saturated carbocycles. The molecule has 0 spiro atoms. The first-order valence-electron chi connectivity index (χ1n) is 8.37. The lowest BCUT2D eigenvalue weighted by molar-refractivity contribution is -0.126. The zero-order chi connectivity index (χ0) is 16.7. The maximum absolute atomic E-state index is 12.5. The summed E-state index contributed by atoms with van der Waals surface area (Å²) in [5.74, 6) is -0.0571. The molecule has 2 N–H and O–H groups in total. The van der Waals surface area contributed by atoms with E-state index in [1.165, 1.54) is 0 Å². The summed E-state index contributed by atoms with van der Waals surface area (Å²) in [4.78, 5) is 30.4. The Bertz CT molecular complexity index is 521. The van der Waals surface area contributed by atoms with Crippen LogP contribution in [0.4, 0.5) is 10.5 Å². The number of pyridine rings is 1. The Morgan fingerprint density at radius 1 is 1.30 bits per heavy atom. The predicted octanol–water partition coefficient (Wildman–Crippen LogP) is 2.63. The van der Waals surface area contributed by atoms with Crippen molar-refractivity contribution in [2.24, 2.45) is 5.92 Å². The average molecular weight is 318 g/mol. The SMILES string of the molecule is CCCCNC(=O)[C@H]1CC[C@@H](C)N(C(=O)Nc2ccncc2)C1. The highest BCUT2D eigenvalue weighted by molar-refractivity contribution is 5.90. The minimum Gasteiger partial charge on any atom is -0.356 e. The van der Waals surface area contributed by atoms with Crippen LogP contribution >= 0.6 is 0 Å². The minimum atomic E-state index is -0.158. The van der Waals surface area contributed by atoms with Crippen molar-refractivity contribution in [2.45, 2.75) is 45.6 Å². The molecule has 0 aromatic carbocycles. The lowest BCUT2D eigenvalue weighted by atomic mass is 9.93. The van der Waals surface area contributed by atoms with Gasteiger partial charge >= 0.3 is 6.03 Å². The second-order valence-electron chi connectivity index (χ2n) is 6.09. The van der Waals surface area contributed by atoms with Gasteiger partial charge in [-0.2, -0.15) is 0 Å². The number of carbonyl (C=O) groups is 2. The van der Waals surface area contributed by atoms with E-state index in [1.54, 1.807) is 29.4 Å². The van der Waals surface area contributed by atoms with Crippen LogP contribution in [0.15, 0.2) is 24.5 Å². The van der Waals surface area contributed by atoms with Crippen molar-refractivity contribution in [1.82, 2.24) is 15.2 Å². The molecule has 0 aliphatic carbocycles. The van der Waals surface area contributed by atoms with Crippen molar-refractivity contribution in [3.05, 3.63) is 24.5 Å². The van der Waals surface area contributed by atoms with Crippen LogP contribution in [-0.4, -0.2) is 41.0 Å². The third kappa shape index (κ3) is 4.94. The van der Waals surface area contributed by atoms with Gasteiger partial charge in [0, 0.05) is 37.2 Å². The summed E-state index contributed by atoms with van der Waals surface area (Å²) in [6.07, 6.45) is 7.00. The first-order chi connectivity index (χ1) is 11.1. The number of anilines is 1. The highest BCUT2D eigenvalue weighted by atomic mass is 16.2. The number of hydrogen-bond acceptors (Lipinski definition) is 3. The number of hydrogen-bond donors (Lipinski definition) is 2. The van der Waals surface area contributed by atoms with Crippen LogP contribution in [0, 0.1) is 5.92 Å². The standard InChI is InChI=1S/C17H26N4O2/c1-3-4-9-19-16(22)14-6-5-13(2)21(12-14)17(23)20-15-7-10-18-11-8-15/h7-8,10-11,13-14H,3-6,9,12H2,1-2H3,(H,19,22)(H,18,20,23)/t13-,14+/m1/s1. The summed E-state index contributed by atoms with van der Waals surface area (Å²) in [5.41, 5.74) is 0.715. The zero-order valence-electron chi connectivity index (χ0n) is 13.9. The highest BCUT2D eigenvalue weighted by Gasteiger charge is 2.32. The Morgan fingerprint density at radius 3 is 2.74 bits per heavy atom. The van der Waals surface area contributed by atoms with Crippen molar-refractivity contribution >= 4 is 17.6 Å². The number of nitrogens with one attached hydrogen (secondary N) is 2. The van der Waals surface area contributed by atoms with Crippen LogP contribution in [-0.2, 0) is 4.79 Å². The van der Waals surface area contributed by atoms with Crippen LogP contribution in [0.3, 0.4) is 0 Å². The van der Waals surface area contributed by atoms with Gasteiger partial charge in [-0.3, -0.25) is 9.78 Å². The molecular weight excluding hydrogens is 292 g/mol. The summed E-state index contributed by atoms with van der Waals surface area (Å²) in [7, 11) is 0. The molecule has 1 aromatic heterocycles. The molecule has 126 valence electrons. The van der Waals surface area contributed by atoms with Crippen LogP contribution in [0.5, 0.6) is 0 Å². The van der Waals surface area contributed by atoms with Crippen LogP contribution in [0.25, 0.3) is 0 Å². The summed E-state index contributed by atoms with van der Waals surface area (Å²) < 4.78 is 0.